The van der Waals surface area contributed by atoms with Crippen molar-refractivity contribution in [2.45, 2.75) is 39.9 Å². The van der Waals surface area contributed by atoms with E-state index in [0.29, 0.717) is 28.3 Å². The van der Waals surface area contributed by atoms with Gasteiger partial charge in [-0.15, -0.1) is 29.7 Å². The molecule has 0 unspecified atom stereocenters. The van der Waals surface area contributed by atoms with Crippen molar-refractivity contribution in [2.24, 2.45) is 0 Å². The first kappa shape index (κ1) is 34.6. The largest absolute Gasteiger partial charge is 0.510 e. The third kappa shape index (κ3) is 8.55. The quantitative estimate of drug-likeness (QED) is 0.107. The van der Waals surface area contributed by atoms with Crippen molar-refractivity contribution in [1.82, 2.24) is 18.7 Å². The fraction of sp³-hybridized carbons (Fsp3) is 0.0833. The van der Waals surface area contributed by atoms with Crippen molar-refractivity contribution < 1.29 is 52.3 Å². The smallest absolute Gasteiger partial charge is 0.268 e. The molecule has 384 valence electrons. The van der Waals surface area contributed by atoms with Crippen molar-refractivity contribution in [1.29, 1.82) is 0 Å². The van der Waals surface area contributed by atoms with Crippen LogP contribution >= 0.6 is 0 Å². The summed E-state index contributed by atoms with van der Waals surface area (Å²) in [6.07, 6.45) is 5.18. The minimum atomic E-state index is -2.82. The maximum Gasteiger partial charge on any atom is 0.268 e. The molecule has 0 amide bonds. The molecular formula is C72H53N5OPt-2. The van der Waals surface area contributed by atoms with Crippen LogP contribution in [0.25, 0.3) is 111 Å². The van der Waals surface area contributed by atoms with Crippen molar-refractivity contribution in [2.75, 3.05) is 0 Å². The number of hydrogen-bond acceptors (Lipinski definition) is 2. The molecule has 10 aromatic carbocycles. The molecule has 0 bridgehead atoms. The van der Waals surface area contributed by atoms with Crippen molar-refractivity contribution >= 4 is 54.6 Å². The van der Waals surface area contributed by atoms with Crippen LogP contribution in [0.5, 0.6) is 11.5 Å². The van der Waals surface area contributed by atoms with Crippen LogP contribution in [0.1, 0.15) is 59.4 Å². The Kier molecular flexibility index (Phi) is 8.65. The van der Waals surface area contributed by atoms with Gasteiger partial charge in [-0.2, -0.15) is 18.2 Å². The van der Waals surface area contributed by atoms with E-state index in [1.807, 2.05) is 48.7 Å². The number of aromatic nitrogens is 5. The molecule has 0 aliphatic rings. The SMILES string of the molecule is [2H]c1c([2H])c([2H])c(-c2cccc(-c3c([2H])c([2H])c([2H])c([2H])c3[2H])c2-[n+]2[c-]n(-c3[c-]c(Oc4[c-]c5c(cc4)c4cc(-n6c7ccccc7c7ccccc76)ccc4n5-c4cc(C(C)(C)C)ccn4)ccc3)c3ccc(-c4c(C([2H])([2H])[2H])cccc4C([2H])([2H])[2H])cc32)c([2H])c1[2H].[Pt]. The molecule has 14 rings (SSSR count). The van der Waals surface area contributed by atoms with E-state index >= 15 is 0 Å². The van der Waals surface area contributed by atoms with Gasteiger partial charge >= 0.3 is 0 Å². The zero-order valence-corrected chi connectivity index (χ0v) is 44.9. The van der Waals surface area contributed by atoms with Crippen LogP contribution in [0.4, 0.5) is 0 Å². The Balaban J connectivity index is 0.00000818. The van der Waals surface area contributed by atoms with Gasteiger partial charge in [-0.25, -0.2) is 4.98 Å². The van der Waals surface area contributed by atoms with E-state index in [4.69, 9.17) is 26.2 Å². The average molecular weight is 1220 g/mol. The second kappa shape index (κ2) is 19.7. The Morgan fingerprint density at radius 2 is 1.18 bits per heavy atom. The predicted octanol–water partition coefficient (Wildman–Crippen LogP) is 17.6. The van der Waals surface area contributed by atoms with Gasteiger partial charge in [0, 0.05) is 69.0 Å². The first-order valence-corrected chi connectivity index (χ1v) is 25.3. The number of rotatable bonds is 9. The molecule has 0 saturated heterocycles. The molecule has 14 aromatic rings. The van der Waals surface area contributed by atoms with E-state index in [-0.39, 0.29) is 87.9 Å². The molecule has 0 fully saturated rings. The molecule has 0 atom stereocenters. The molecular weight excluding hydrogens is 1150 g/mol. The van der Waals surface area contributed by atoms with Gasteiger partial charge in [-0.3, -0.25) is 4.57 Å². The zero-order valence-electron chi connectivity index (χ0n) is 58.6. The first-order valence-electron chi connectivity index (χ1n) is 33.3. The maximum atomic E-state index is 9.27. The molecule has 0 aliphatic heterocycles. The summed E-state index contributed by atoms with van der Waals surface area (Å²) in [5.41, 5.74) is 4.98. The summed E-state index contributed by atoms with van der Waals surface area (Å²) in [6, 6.07) is 49.8. The molecule has 4 heterocycles. The summed E-state index contributed by atoms with van der Waals surface area (Å²) >= 11 is 0. The molecule has 79 heavy (non-hydrogen) atoms. The first-order chi connectivity index (χ1) is 44.7. The molecule has 4 aromatic heterocycles. The minimum absolute atomic E-state index is 0. The fourth-order valence-corrected chi connectivity index (χ4v) is 10.7. The van der Waals surface area contributed by atoms with Crippen LogP contribution in [-0.2, 0) is 26.5 Å². The summed E-state index contributed by atoms with van der Waals surface area (Å²) in [5, 5.41) is 4.09. The van der Waals surface area contributed by atoms with Crippen LogP contribution in [0.2, 0.25) is 0 Å². The second-order valence-corrected chi connectivity index (χ2v) is 20.1. The summed E-state index contributed by atoms with van der Waals surface area (Å²) in [7, 11) is 0. The number of nitrogens with zero attached hydrogens (tertiary/aromatic N) is 5. The molecule has 0 N–H and O–H groups in total. The van der Waals surface area contributed by atoms with Gasteiger partial charge < -0.3 is 18.4 Å². The van der Waals surface area contributed by atoms with E-state index in [0.717, 1.165) is 49.3 Å². The van der Waals surface area contributed by atoms with Gasteiger partial charge in [0.25, 0.3) is 6.33 Å². The topological polar surface area (TPSA) is 40.8 Å². The van der Waals surface area contributed by atoms with Gasteiger partial charge in [-0.05, 0) is 129 Å². The zero-order chi connectivity index (χ0) is 66.4. The average Bonchev–Trinajstić information content (AvgIpc) is 1.69. The van der Waals surface area contributed by atoms with E-state index in [9.17, 15) is 5.48 Å². The minimum Gasteiger partial charge on any atom is -0.510 e. The van der Waals surface area contributed by atoms with E-state index in [1.165, 1.54) is 47.0 Å². The number of benzene rings is 10. The molecule has 0 spiro atoms. The van der Waals surface area contributed by atoms with E-state index in [1.54, 1.807) is 34.9 Å². The van der Waals surface area contributed by atoms with Crippen LogP contribution in [0.3, 0.4) is 0 Å². The van der Waals surface area contributed by atoms with Gasteiger partial charge in [0.15, 0.2) is 0 Å². The summed E-state index contributed by atoms with van der Waals surface area (Å²) < 4.78 is 155. The van der Waals surface area contributed by atoms with Gasteiger partial charge in [0.2, 0.25) is 0 Å². The summed E-state index contributed by atoms with van der Waals surface area (Å²) in [4.78, 5) is 4.94. The number of hydrogen-bond donors (Lipinski definition) is 0. The van der Waals surface area contributed by atoms with E-state index in [2.05, 4.69) is 96.9 Å². The van der Waals surface area contributed by atoms with Crippen LogP contribution in [-0.4, -0.2) is 18.7 Å². The fourth-order valence-electron chi connectivity index (χ4n) is 10.7. The third-order valence-electron chi connectivity index (χ3n) is 14.3. The number of pyridine rings is 1. The van der Waals surface area contributed by atoms with Crippen molar-refractivity contribution in [3.63, 3.8) is 0 Å². The van der Waals surface area contributed by atoms with Crippen LogP contribution < -0.4 is 9.30 Å². The Bertz CT molecular complexity index is 5300. The predicted molar refractivity (Wildman–Crippen MR) is 319 cm³/mol. The number of imidazole rings is 1. The normalized spacial score (nSPS) is 15.0. The number of aryl methyl sites for hydroxylation is 2. The van der Waals surface area contributed by atoms with Crippen molar-refractivity contribution in [3.05, 3.63) is 266 Å². The number of fused-ring (bicyclic) bond motifs is 7. The Labute approximate surface area is 496 Å². The summed E-state index contributed by atoms with van der Waals surface area (Å²) in [5.74, 6) is 1.20. The van der Waals surface area contributed by atoms with Gasteiger partial charge in [0.05, 0.1) is 41.5 Å². The van der Waals surface area contributed by atoms with Gasteiger partial charge in [-0.1, -0.05) is 172 Å². The molecule has 0 saturated carbocycles. The third-order valence-corrected chi connectivity index (χ3v) is 14.3. The van der Waals surface area contributed by atoms with Gasteiger partial charge in [0.1, 0.15) is 5.82 Å². The maximum absolute atomic E-state index is 9.27. The molecule has 6 nitrogen and oxygen atoms in total. The van der Waals surface area contributed by atoms with Crippen molar-refractivity contribution in [3.8, 4) is 67.8 Å². The summed E-state index contributed by atoms with van der Waals surface area (Å²) in [6.45, 7) is 0.809. The number of ether oxygens (including phenoxy) is 1. The Morgan fingerprint density at radius 1 is 0.544 bits per heavy atom. The molecule has 0 radical (unpaired) electrons. The Morgan fingerprint density at radius 3 is 1.86 bits per heavy atom. The second-order valence-electron chi connectivity index (χ2n) is 20.1. The Hall–Kier alpha value is -9.09. The standard InChI is InChI=1S/C72H53N5O.Pt/c1-47-19-16-20-48(2)70(47)51-33-37-66-68(41-51)75(71-57(49-21-8-6-9-22-49)29-18-30-58(71)50-23-10-7-11-24-50)46-74(66)53-25-17-26-55(43-53)78-56-35-36-61-62-44-54(76-63-31-14-12-27-59(63)60-28-13-15-32-64(60)76)34-38-65(62)77(67(61)45-56)69-42-52(39-40-73-69)72(3,4)5;/h6-42,44H,1-5H3;/q-2;/i1D3,2D3,6D,7D,8D,9D,10D,11D,21D,22D,23D,24D;. The number of para-hydroxylation sites is 3. The van der Waals surface area contributed by atoms with E-state index < -0.39 is 74.1 Å². The molecule has 0 aliphatic carbocycles. The van der Waals surface area contributed by atoms with Crippen LogP contribution in [0, 0.1) is 32.2 Å². The monoisotopic (exact) mass is 1210 g/mol. The molecule has 7 heteroatoms. The van der Waals surface area contributed by atoms with Crippen LogP contribution in [0.15, 0.2) is 230 Å².